The number of pyridine rings is 1. The summed E-state index contributed by atoms with van der Waals surface area (Å²) in [4.78, 5) is 4.64. The fourth-order valence-electron chi connectivity index (χ4n) is 1.83. The first-order valence-electron chi connectivity index (χ1n) is 4.94. The van der Waals surface area contributed by atoms with Crippen molar-refractivity contribution in [2.24, 2.45) is 0 Å². The fourth-order valence-corrected chi connectivity index (χ4v) is 1.83. The van der Waals surface area contributed by atoms with Crippen molar-refractivity contribution in [1.29, 1.82) is 0 Å². The molecule has 1 aromatic carbocycles. The van der Waals surface area contributed by atoms with Crippen molar-refractivity contribution in [3.63, 3.8) is 0 Å². The van der Waals surface area contributed by atoms with Gasteiger partial charge in [0.05, 0.1) is 5.52 Å². The Bertz CT molecular complexity index is 498. The van der Waals surface area contributed by atoms with Gasteiger partial charge in [-0.1, -0.05) is 18.2 Å². The zero-order chi connectivity index (χ0) is 10.3. The van der Waals surface area contributed by atoms with Gasteiger partial charge in [-0.25, -0.2) is 0 Å². The first-order valence-corrected chi connectivity index (χ1v) is 4.94. The van der Waals surface area contributed by atoms with Gasteiger partial charge in [-0.3, -0.25) is 4.98 Å². The highest BCUT2D eigenvalue weighted by Crippen LogP contribution is 2.23. The first kappa shape index (κ1) is 9.20. The molecule has 1 nitrogen and oxygen atoms in total. The van der Waals surface area contributed by atoms with Gasteiger partial charge in [-0.05, 0) is 44.4 Å². The molecule has 0 bridgehead atoms. The zero-order valence-corrected chi connectivity index (χ0v) is 9.18. The number of hydrogen-bond acceptors (Lipinski definition) is 1. The normalized spacial score (nSPS) is 10.9. The van der Waals surface area contributed by atoms with Gasteiger partial charge in [-0.15, -0.1) is 0 Å². The van der Waals surface area contributed by atoms with Gasteiger partial charge in [0.2, 0.25) is 0 Å². The maximum atomic E-state index is 4.64. The van der Waals surface area contributed by atoms with Crippen molar-refractivity contribution >= 4 is 10.9 Å². The highest BCUT2D eigenvalue weighted by Gasteiger charge is 2.06. The van der Waals surface area contributed by atoms with Crippen molar-refractivity contribution < 1.29 is 0 Å². The molecular weight excluding hydrogens is 170 g/mol. The van der Waals surface area contributed by atoms with Crippen molar-refractivity contribution in [2.45, 2.75) is 27.7 Å². The molecule has 0 fully saturated rings. The molecule has 0 atom stereocenters. The van der Waals surface area contributed by atoms with Crippen LogP contribution in [-0.2, 0) is 0 Å². The minimum Gasteiger partial charge on any atom is -0.253 e. The SMILES string of the molecule is Cc1nc2c(C)cccc2c(C)c1C. The minimum atomic E-state index is 1.14. The van der Waals surface area contributed by atoms with Crippen LogP contribution in [0.2, 0.25) is 0 Å². The molecule has 0 amide bonds. The molecule has 0 radical (unpaired) electrons. The standard InChI is InChI=1S/C13H15N/c1-8-6-5-7-12-10(3)9(2)11(4)14-13(8)12/h5-7H,1-4H3. The average Bonchev–Trinajstić information content (AvgIpc) is 2.17. The predicted molar refractivity (Wildman–Crippen MR) is 60.7 cm³/mol. The smallest absolute Gasteiger partial charge is 0.0737 e. The third kappa shape index (κ3) is 1.20. The van der Waals surface area contributed by atoms with E-state index in [1.165, 1.54) is 22.1 Å². The summed E-state index contributed by atoms with van der Waals surface area (Å²) in [6.45, 7) is 8.50. The highest BCUT2D eigenvalue weighted by atomic mass is 14.7. The Morgan fingerprint density at radius 3 is 2.36 bits per heavy atom. The number of aryl methyl sites for hydroxylation is 3. The van der Waals surface area contributed by atoms with Crippen molar-refractivity contribution in [3.8, 4) is 0 Å². The van der Waals surface area contributed by atoms with Crippen LogP contribution < -0.4 is 0 Å². The molecule has 0 N–H and O–H groups in total. The minimum absolute atomic E-state index is 1.14. The molecule has 0 saturated carbocycles. The lowest BCUT2D eigenvalue weighted by Gasteiger charge is -2.09. The van der Waals surface area contributed by atoms with Crippen LogP contribution in [0, 0.1) is 27.7 Å². The van der Waals surface area contributed by atoms with E-state index in [9.17, 15) is 0 Å². The van der Waals surface area contributed by atoms with Crippen LogP contribution >= 0.6 is 0 Å². The molecule has 0 saturated heterocycles. The van der Waals surface area contributed by atoms with Crippen LogP contribution in [0.25, 0.3) is 10.9 Å². The van der Waals surface area contributed by atoms with E-state index in [2.05, 4.69) is 50.9 Å². The molecule has 1 heterocycles. The third-order valence-electron chi connectivity index (χ3n) is 3.03. The summed E-state index contributed by atoms with van der Waals surface area (Å²) in [5, 5.41) is 1.29. The molecule has 1 aromatic heterocycles. The summed E-state index contributed by atoms with van der Waals surface area (Å²) in [7, 11) is 0. The number of fused-ring (bicyclic) bond motifs is 1. The second kappa shape index (κ2) is 3.09. The lowest BCUT2D eigenvalue weighted by atomic mass is 10.0. The summed E-state index contributed by atoms with van der Waals surface area (Å²) >= 11 is 0. The Labute approximate surface area is 84.8 Å². The molecule has 1 heteroatoms. The molecular formula is C13H15N. The van der Waals surface area contributed by atoms with Gasteiger partial charge >= 0.3 is 0 Å². The monoisotopic (exact) mass is 185 g/mol. The molecule has 0 spiro atoms. The van der Waals surface area contributed by atoms with Crippen LogP contribution in [0.4, 0.5) is 0 Å². The number of benzene rings is 1. The molecule has 14 heavy (non-hydrogen) atoms. The molecule has 72 valence electrons. The molecule has 0 aliphatic carbocycles. The zero-order valence-electron chi connectivity index (χ0n) is 9.18. The number of rotatable bonds is 0. The fraction of sp³-hybridized carbons (Fsp3) is 0.308. The van der Waals surface area contributed by atoms with E-state index in [1.54, 1.807) is 0 Å². The van der Waals surface area contributed by atoms with E-state index in [0.717, 1.165) is 11.2 Å². The van der Waals surface area contributed by atoms with E-state index in [1.807, 2.05) is 0 Å². The number of aromatic nitrogens is 1. The van der Waals surface area contributed by atoms with Crippen LogP contribution in [0.3, 0.4) is 0 Å². The molecule has 0 aliphatic rings. The van der Waals surface area contributed by atoms with E-state index >= 15 is 0 Å². The Kier molecular flexibility index (Phi) is 2.03. The van der Waals surface area contributed by atoms with E-state index in [-0.39, 0.29) is 0 Å². The number of hydrogen-bond donors (Lipinski definition) is 0. The van der Waals surface area contributed by atoms with Gasteiger partial charge in [-0.2, -0.15) is 0 Å². The summed E-state index contributed by atoms with van der Waals surface area (Å²) in [6, 6.07) is 6.36. The van der Waals surface area contributed by atoms with Crippen molar-refractivity contribution in [3.05, 3.63) is 40.6 Å². The lowest BCUT2D eigenvalue weighted by molar-refractivity contribution is 1.16. The molecule has 0 unspecified atom stereocenters. The van der Waals surface area contributed by atoms with Crippen molar-refractivity contribution in [1.82, 2.24) is 4.98 Å². The largest absolute Gasteiger partial charge is 0.253 e. The Balaban J connectivity index is 2.98. The number of para-hydroxylation sites is 1. The third-order valence-corrected chi connectivity index (χ3v) is 3.03. The van der Waals surface area contributed by atoms with Gasteiger partial charge in [0.25, 0.3) is 0 Å². The summed E-state index contributed by atoms with van der Waals surface area (Å²) in [5.41, 5.74) is 6.21. The predicted octanol–water partition coefficient (Wildman–Crippen LogP) is 3.47. The van der Waals surface area contributed by atoms with E-state index < -0.39 is 0 Å². The van der Waals surface area contributed by atoms with Crippen molar-refractivity contribution in [2.75, 3.05) is 0 Å². The van der Waals surface area contributed by atoms with Crippen LogP contribution in [0.15, 0.2) is 18.2 Å². The summed E-state index contributed by atoms with van der Waals surface area (Å²) < 4.78 is 0. The topological polar surface area (TPSA) is 12.9 Å². The van der Waals surface area contributed by atoms with Gasteiger partial charge < -0.3 is 0 Å². The molecule has 0 aliphatic heterocycles. The van der Waals surface area contributed by atoms with Gasteiger partial charge in [0.15, 0.2) is 0 Å². The average molecular weight is 185 g/mol. The number of nitrogens with zero attached hydrogens (tertiary/aromatic N) is 1. The first-order chi connectivity index (χ1) is 6.61. The van der Waals surface area contributed by atoms with Gasteiger partial charge in [0, 0.05) is 11.1 Å². The quantitative estimate of drug-likeness (QED) is 0.612. The van der Waals surface area contributed by atoms with Crippen LogP contribution in [-0.4, -0.2) is 4.98 Å². The van der Waals surface area contributed by atoms with Gasteiger partial charge in [0.1, 0.15) is 0 Å². The highest BCUT2D eigenvalue weighted by molar-refractivity contribution is 5.85. The maximum absolute atomic E-state index is 4.64. The van der Waals surface area contributed by atoms with E-state index in [4.69, 9.17) is 0 Å². The van der Waals surface area contributed by atoms with Crippen LogP contribution in [0.1, 0.15) is 22.4 Å². The molecule has 2 aromatic rings. The summed E-state index contributed by atoms with van der Waals surface area (Å²) in [6.07, 6.45) is 0. The molecule has 2 rings (SSSR count). The Hall–Kier alpha value is -1.37. The summed E-state index contributed by atoms with van der Waals surface area (Å²) in [5.74, 6) is 0. The maximum Gasteiger partial charge on any atom is 0.0737 e. The Morgan fingerprint density at radius 1 is 0.929 bits per heavy atom. The second-order valence-corrected chi connectivity index (χ2v) is 3.92. The Morgan fingerprint density at radius 2 is 1.64 bits per heavy atom. The second-order valence-electron chi connectivity index (χ2n) is 3.92. The lowest BCUT2D eigenvalue weighted by Crippen LogP contribution is -1.94. The van der Waals surface area contributed by atoms with E-state index in [0.29, 0.717) is 0 Å². The van der Waals surface area contributed by atoms with Crippen LogP contribution in [0.5, 0.6) is 0 Å².